The zero-order valence-electron chi connectivity index (χ0n) is 6.55. The minimum absolute atomic E-state index is 0.590. The summed E-state index contributed by atoms with van der Waals surface area (Å²) in [6.45, 7) is 0. The molecule has 0 spiro atoms. The monoisotopic (exact) mass is 224 g/mol. The van der Waals surface area contributed by atoms with E-state index in [1.807, 2.05) is 12.3 Å². The van der Waals surface area contributed by atoms with E-state index in [1.54, 1.807) is 0 Å². The summed E-state index contributed by atoms with van der Waals surface area (Å²) >= 11 is 3.48. The molecule has 3 heteroatoms. The second-order valence-electron chi connectivity index (χ2n) is 2.90. The Hall–Kier alpha value is -0.830. The fourth-order valence-corrected chi connectivity index (χ4v) is 1.80. The quantitative estimate of drug-likeness (QED) is 0.735. The van der Waals surface area contributed by atoms with Gasteiger partial charge in [-0.1, -0.05) is 15.9 Å². The fourth-order valence-electron chi connectivity index (χ4n) is 1.35. The number of nitrogens with zero attached hydrogens (tertiary/aromatic N) is 1. The van der Waals surface area contributed by atoms with Crippen LogP contribution in [0.3, 0.4) is 0 Å². The molecule has 62 valence electrons. The van der Waals surface area contributed by atoms with Crippen LogP contribution in [0, 0.1) is 0 Å². The molecule has 0 fully saturated rings. The van der Waals surface area contributed by atoms with Gasteiger partial charge in [-0.3, -0.25) is 0 Å². The van der Waals surface area contributed by atoms with E-state index in [0.29, 0.717) is 5.82 Å². The molecular weight excluding hydrogens is 216 g/mol. The number of halogens is 1. The Labute approximate surface area is 79.6 Å². The molecular formula is C9H9BrN2. The third-order valence-corrected chi connectivity index (χ3v) is 2.61. The van der Waals surface area contributed by atoms with Crippen molar-refractivity contribution >= 4 is 27.8 Å². The molecule has 1 aliphatic carbocycles. The third kappa shape index (κ3) is 1.37. The Kier molecular flexibility index (Phi) is 1.89. The summed E-state index contributed by atoms with van der Waals surface area (Å²) in [6, 6.07) is 1.91. The maximum atomic E-state index is 5.57. The highest BCUT2D eigenvalue weighted by Gasteiger charge is 2.08. The highest BCUT2D eigenvalue weighted by Crippen LogP contribution is 2.27. The van der Waals surface area contributed by atoms with E-state index in [4.69, 9.17) is 5.73 Å². The molecule has 0 saturated heterocycles. The Morgan fingerprint density at radius 1 is 1.42 bits per heavy atom. The van der Waals surface area contributed by atoms with Gasteiger partial charge >= 0.3 is 0 Å². The molecule has 1 heterocycles. The van der Waals surface area contributed by atoms with Gasteiger partial charge in [-0.05, 0) is 40.6 Å². The standard InChI is InChI=1S/C9H9BrN2/c10-8-2-1-6-5-12-9(11)4-7(6)3-8/h3-5H,1-2H2,(H2,11,12). The van der Waals surface area contributed by atoms with Crippen LogP contribution in [-0.4, -0.2) is 4.98 Å². The fraction of sp³-hybridized carbons (Fsp3) is 0.222. The summed E-state index contributed by atoms with van der Waals surface area (Å²) in [5.74, 6) is 0.590. The molecule has 2 nitrogen and oxygen atoms in total. The van der Waals surface area contributed by atoms with Crippen LogP contribution in [0.25, 0.3) is 6.08 Å². The van der Waals surface area contributed by atoms with E-state index < -0.39 is 0 Å². The Morgan fingerprint density at radius 3 is 3.08 bits per heavy atom. The zero-order chi connectivity index (χ0) is 8.55. The van der Waals surface area contributed by atoms with E-state index in [9.17, 15) is 0 Å². The van der Waals surface area contributed by atoms with Crippen LogP contribution in [-0.2, 0) is 6.42 Å². The van der Waals surface area contributed by atoms with Crippen LogP contribution in [0.5, 0.6) is 0 Å². The lowest BCUT2D eigenvalue weighted by Gasteiger charge is -2.12. The third-order valence-electron chi connectivity index (χ3n) is 1.99. The first kappa shape index (κ1) is 7.80. The lowest BCUT2D eigenvalue weighted by Crippen LogP contribution is -1.99. The van der Waals surface area contributed by atoms with Gasteiger partial charge in [0.05, 0.1) is 0 Å². The summed E-state index contributed by atoms with van der Waals surface area (Å²) in [5, 5.41) is 0. The highest BCUT2D eigenvalue weighted by molar-refractivity contribution is 9.11. The normalized spacial score (nSPS) is 15.2. The number of rotatable bonds is 0. The summed E-state index contributed by atoms with van der Waals surface area (Å²) in [5.41, 5.74) is 8.05. The van der Waals surface area contributed by atoms with E-state index in [1.165, 1.54) is 15.6 Å². The smallest absolute Gasteiger partial charge is 0.123 e. The number of aromatic nitrogens is 1. The van der Waals surface area contributed by atoms with Crippen molar-refractivity contribution in [1.29, 1.82) is 0 Å². The molecule has 0 bridgehead atoms. The Morgan fingerprint density at radius 2 is 2.25 bits per heavy atom. The van der Waals surface area contributed by atoms with E-state index in [-0.39, 0.29) is 0 Å². The molecule has 0 unspecified atom stereocenters. The predicted octanol–water partition coefficient (Wildman–Crippen LogP) is 2.35. The lowest BCUT2D eigenvalue weighted by molar-refractivity contribution is 0.964. The first-order chi connectivity index (χ1) is 5.75. The predicted molar refractivity (Wildman–Crippen MR) is 53.9 cm³/mol. The van der Waals surface area contributed by atoms with Crippen molar-refractivity contribution in [1.82, 2.24) is 4.98 Å². The first-order valence-electron chi connectivity index (χ1n) is 3.86. The second-order valence-corrected chi connectivity index (χ2v) is 3.92. The molecule has 2 rings (SSSR count). The van der Waals surface area contributed by atoms with Crippen LogP contribution >= 0.6 is 15.9 Å². The number of anilines is 1. The Bertz CT molecular complexity index is 344. The largest absolute Gasteiger partial charge is 0.384 e. The second kappa shape index (κ2) is 2.90. The summed E-state index contributed by atoms with van der Waals surface area (Å²) in [7, 11) is 0. The van der Waals surface area contributed by atoms with Crippen molar-refractivity contribution in [2.45, 2.75) is 12.8 Å². The van der Waals surface area contributed by atoms with E-state index >= 15 is 0 Å². The van der Waals surface area contributed by atoms with Gasteiger partial charge in [0.1, 0.15) is 5.82 Å². The van der Waals surface area contributed by atoms with Crippen molar-refractivity contribution in [3.05, 3.63) is 27.9 Å². The van der Waals surface area contributed by atoms with Gasteiger partial charge in [-0.25, -0.2) is 4.98 Å². The van der Waals surface area contributed by atoms with Crippen molar-refractivity contribution in [3.63, 3.8) is 0 Å². The average Bonchev–Trinajstić information content (AvgIpc) is 2.03. The average molecular weight is 225 g/mol. The number of nitrogens with two attached hydrogens (primary N) is 1. The van der Waals surface area contributed by atoms with Gasteiger partial charge in [0.25, 0.3) is 0 Å². The SMILES string of the molecule is Nc1cc2c(cn1)CCC(Br)=C2. The number of pyridine rings is 1. The van der Waals surface area contributed by atoms with Gasteiger partial charge in [-0.15, -0.1) is 0 Å². The van der Waals surface area contributed by atoms with Crippen LogP contribution in [0.2, 0.25) is 0 Å². The number of fused-ring (bicyclic) bond motifs is 1. The van der Waals surface area contributed by atoms with Gasteiger partial charge in [0.2, 0.25) is 0 Å². The van der Waals surface area contributed by atoms with Crippen molar-refractivity contribution in [2.24, 2.45) is 0 Å². The summed E-state index contributed by atoms with van der Waals surface area (Å²) in [6.07, 6.45) is 6.09. The zero-order valence-corrected chi connectivity index (χ0v) is 8.13. The number of hydrogen-bond acceptors (Lipinski definition) is 2. The van der Waals surface area contributed by atoms with Crippen LogP contribution in [0.1, 0.15) is 17.5 Å². The molecule has 1 aromatic rings. The minimum Gasteiger partial charge on any atom is -0.384 e. The maximum Gasteiger partial charge on any atom is 0.123 e. The molecule has 2 N–H and O–H groups in total. The van der Waals surface area contributed by atoms with Gasteiger partial charge < -0.3 is 5.73 Å². The first-order valence-corrected chi connectivity index (χ1v) is 4.65. The summed E-state index contributed by atoms with van der Waals surface area (Å²) < 4.78 is 1.24. The topological polar surface area (TPSA) is 38.9 Å². The maximum absolute atomic E-state index is 5.57. The van der Waals surface area contributed by atoms with E-state index in [2.05, 4.69) is 27.0 Å². The molecule has 0 radical (unpaired) electrons. The molecule has 1 aromatic heterocycles. The molecule has 1 aliphatic rings. The number of aryl methyl sites for hydroxylation is 1. The van der Waals surface area contributed by atoms with Gasteiger partial charge in [0.15, 0.2) is 0 Å². The van der Waals surface area contributed by atoms with Gasteiger partial charge in [-0.2, -0.15) is 0 Å². The molecule has 0 amide bonds. The number of nitrogen functional groups attached to an aromatic ring is 1. The number of hydrogen-bond donors (Lipinski definition) is 1. The van der Waals surface area contributed by atoms with Crippen molar-refractivity contribution < 1.29 is 0 Å². The summed E-state index contributed by atoms with van der Waals surface area (Å²) in [4.78, 5) is 4.05. The van der Waals surface area contributed by atoms with Crippen LogP contribution in [0.15, 0.2) is 16.7 Å². The number of allylic oxidation sites excluding steroid dienone is 1. The molecule has 0 aromatic carbocycles. The van der Waals surface area contributed by atoms with Crippen molar-refractivity contribution in [3.8, 4) is 0 Å². The van der Waals surface area contributed by atoms with Crippen molar-refractivity contribution in [2.75, 3.05) is 5.73 Å². The molecule has 12 heavy (non-hydrogen) atoms. The Balaban J connectivity index is 2.53. The molecule has 0 atom stereocenters. The van der Waals surface area contributed by atoms with E-state index in [0.717, 1.165) is 12.8 Å². The highest BCUT2D eigenvalue weighted by atomic mass is 79.9. The van der Waals surface area contributed by atoms with Gasteiger partial charge in [0, 0.05) is 6.20 Å². The van der Waals surface area contributed by atoms with Crippen LogP contribution < -0.4 is 5.73 Å². The minimum atomic E-state index is 0.590. The molecule has 0 aliphatic heterocycles. The lowest BCUT2D eigenvalue weighted by atomic mass is 10.00. The van der Waals surface area contributed by atoms with Crippen LogP contribution in [0.4, 0.5) is 5.82 Å². The molecule has 0 saturated carbocycles.